The molecule has 1 atom stereocenters. The van der Waals surface area contributed by atoms with Crippen LogP contribution in [-0.2, 0) is 0 Å². The molecule has 1 saturated heterocycles. The van der Waals surface area contributed by atoms with Gasteiger partial charge in [0.25, 0.3) is 5.91 Å². The minimum atomic E-state index is -0.0291. The van der Waals surface area contributed by atoms with E-state index in [0.717, 1.165) is 28.3 Å². The molecule has 6 heteroatoms. The molecule has 146 valence electrons. The van der Waals surface area contributed by atoms with E-state index >= 15 is 0 Å². The van der Waals surface area contributed by atoms with Gasteiger partial charge in [-0.15, -0.1) is 0 Å². The first-order valence-corrected chi connectivity index (χ1v) is 10.5. The summed E-state index contributed by atoms with van der Waals surface area (Å²) in [4.78, 5) is 22.4. The van der Waals surface area contributed by atoms with Gasteiger partial charge in [-0.2, -0.15) is 0 Å². The van der Waals surface area contributed by atoms with Crippen molar-refractivity contribution in [3.05, 3.63) is 54.1 Å². The summed E-state index contributed by atoms with van der Waals surface area (Å²) in [6, 6.07) is 15.9. The quantitative estimate of drug-likeness (QED) is 0.619. The number of para-hydroxylation sites is 1. The van der Waals surface area contributed by atoms with Crippen molar-refractivity contribution in [1.29, 1.82) is 0 Å². The van der Waals surface area contributed by atoms with Gasteiger partial charge in [-0.05, 0) is 63.2 Å². The number of methoxy groups -OCH3 is 1. The number of benzene rings is 2. The fourth-order valence-electron chi connectivity index (χ4n) is 3.79. The maximum atomic E-state index is 13.4. The zero-order chi connectivity index (χ0) is 19.5. The summed E-state index contributed by atoms with van der Waals surface area (Å²) in [6.45, 7) is 1.79. The smallest absolute Gasteiger partial charge is 0.260 e. The van der Waals surface area contributed by atoms with Gasteiger partial charge in [0, 0.05) is 18.2 Å². The number of fused-ring (bicyclic) bond motifs is 1. The molecule has 0 radical (unpaired) electrons. The molecule has 0 saturated carbocycles. The second kappa shape index (κ2) is 8.29. The van der Waals surface area contributed by atoms with Gasteiger partial charge in [-0.25, -0.2) is 4.98 Å². The molecule has 0 aliphatic carbocycles. The molecule has 2 aromatic carbocycles. The van der Waals surface area contributed by atoms with Crippen LogP contribution in [-0.4, -0.2) is 49.1 Å². The molecule has 0 unspecified atom stereocenters. The van der Waals surface area contributed by atoms with Gasteiger partial charge in [0.05, 0.1) is 17.3 Å². The number of aromatic nitrogens is 1. The van der Waals surface area contributed by atoms with Crippen molar-refractivity contribution in [3.8, 4) is 5.75 Å². The topological polar surface area (TPSA) is 45.7 Å². The molecule has 1 aliphatic rings. The molecule has 0 N–H and O–H groups in total. The van der Waals surface area contributed by atoms with Crippen LogP contribution in [0.3, 0.4) is 0 Å². The van der Waals surface area contributed by atoms with E-state index in [4.69, 9.17) is 9.72 Å². The maximum Gasteiger partial charge on any atom is 0.260 e. The van der Waals surface area contributed by atoms with Crippen molar-refractivity contribution in [1.82, 2.24) is 9.88 Å². The summed E-state index contributed by atoms with van der Waals surface area (Å²) in [5.41, 5.74) is 1.56. The van der Waals surface area contributed by atoms with Crippen LogP contribution in [0.25, 0.3) is 10.2 Å². The van der Waals surface area contributed by atoms with E-state index in [2.05, 4.69) is 18.0 Å². The molecule has 1 fully saturated rings. The predicted molar refractivity (Wildman–Crippen MR) is 115 cm³/mol. The molecule has 0 bridgehead atoms. The van der Waals surface area contributed by atoms with Gasteiger partial charge in [-0.1, -0.05) is 29.5 Å². The Balaban J connectivity index is 1.64. The highest BCUT2D eigenvalue weighted by Crippen LogP contribution is 2.31. The Morgan fingerprint density at radius 1 is 1.29 bits per heavy atom. The van der Waals surface area contributed by atoms with E-state index in [-0.39, 0.29) is 5.91 Å². The van der Waals surface area contributed by atoms with Crippen molar-refractivity contribution in [2.75, 3.05) is 32.1 Å². The zero-order valence-electron chi connectivity index (χ0n) is 16.3. The van der Waals surface area contributed by atoms with Gasteiger partial charge in [-0.3, -0.25) is 9.69 Å². The number of hydrogen-bond acceptors (Lipinski definition) is 5. The number of hydrogen-bond donors (Lipinski definition) is 0. The van der Waals surface area contributed by atoms with Crippen molar-refractivity contribution in [2.24, 2.45) is 0 Å². The number of amides is 1. The summed E-state index contributed by atoms with van der Waals surface area (Å²) < 4.78 is 6.40. The van der Waals surface area contributed by atoms with E-state index in [1.54, 1.807) is 24.5 Å². The van der Waals surface area contributed by atoms with Crippen LogP contribution in [0.1, 0.15) is 29.6 Å². The molecule has 2 heterocycles. The Hall–Kier alpha value is -2.44. The number of thiazole rings is 1. The molecule has 5 nitrogen and oxygen atoms in total. The van der Waals surface area contributed by atoms with Crippen molar-refractivity contribution in [2.45, 2.75) is 25.3 Å². The molecular weight excluding hydrogens is 370 g/mol. The number of likely N-dealkylation sites (tertiary alicyclic amines) is 1. The molecule has 4 rings (SSSR count). The highest BCUT2D eigenvalue weighted by molar-refractivity contribution is 7.22. The molecular formula is C22H25N3O2S. The Bertz CT molecular complexity index is 938. The third kappa shape index (κ3) is 3.88. The number of ether oxygens (including phenoxy) is 1. The van der Waals surface area contributed by atoms with Crippen molar-refractivity contribution < 1.29 is 9.53 Å². The van der Waals surface area contributed by atoms with Gasteiger partial charge < -0.3 is 9.64 Å². The second-order valence-electron chi connectivity index (χ2n) is 7.22. The van der Waals surface area contributed by atoms with Crippen LogP contribution >= 0.6 is 11.3 Å². The molecule has 1 aromatic heterocycles. The zero-order valence-corrected chi connectivity index (χ0v) is 17.1. The van der Waals surface area contributed by atoms with Crippen LogP contribution in [0.5, 0.6) is 5.75 Å². The summed E-state index contributed by atoms with van der Waals surface area (Å²) in [6.07, 6.45) is 3.37. The van der Waals surface area contributed by atoms with Crippen LogP contribution < -0.4 is 9.64 Å². The maximum absolute atomic E-state index is 13.4. The monoisotopic (exact) mass is 395 g/mol. The Labute approximate surface area is 169 Å². The Morgan fingerprint density at radius 3 is 2.89 bits per heavy atom. The number of anilines is 1. The van der Waals surface area contributed by atoms with Gasteiger partial charge in [0.2, 0.25) is 0 Å². The normalized spacial score (nSPS) is 17.1. The number of rotatable bonds is 6. The lowest BCUT2D eigenvalue weighted by molar-refractivity contribution is 0.0984. The number of carbonyl (C=O) groups excluding carboxylic acids is 1. The molecule has 3 aromatic rings. The second-order valence-corrected chi connectivity index (χ2v) is 8.23. The predicted octanol–water partition coefficient (Wildman–Crippen LogP) is 4.44. The Kier molecular flexibility index (Phi) is 5.59. The van der Waals surface area contributed by atoms with Crippen LogP contribution in [0.15, 0.2) is 48.5 Å². The average Bonchev–Trinajstić information content (AvgIpc) is 3.34. The lowest BCUT2D eigenvalue weighted by Gasteiger charge is -2.25. The van der Waals surface area contributed by atoms with Crippen LogP contribution in [0.4, 0.5) is 5.13 Å². The molecule has 1 amide bonds. The van der Waals surface area contributed by atoms with E-state index < -0.39 is 0 Å². The standard InChI is InChI=1S/C22H25N3O2S/c1-24-13-6-8-17(24)12-14-25(21(26)16-7-5-9-18(15-16)27-2)22-23-19-10-3-4-11-20(19)28-22/h3-5,7,9-11,15,17H,6,8,12-14H2,1-2H3/t17-/m1/s1. The Morgan fingerprint density at radius 2 is 2.14 bits per heavy atom. The van der Waals surface area contributed by atoms with Crippen LogP contribution in [0, 0.1) is 0 Å². The first-order valence-electron chi connectivity index (χ1n) is 9.67. The summed E-state index contributed by atoms with van der Waals surface area (Å²) in [7, 11) is 3.79. The SMILES string of the molecule is COc1cccc(C(=O)N(CC[C@H]2CCCN2C)c2nc3ccccc3s2)c1. The third-order valence-electron chi connectivity index (χ3n) is 5.43. The van der Waals surface area contributed by atoms with Gasteiger partial charge >= 0.3 is 0 Å². The summed E-state index contributed by atoms with van der Waals surface area (Å²) >= 11 is 1.57. The first-order chi connectivity index (χ1) is 13.7. The number of nitrogens with zero attached hydrogens (tertiary/aromatic N) is 3. The molecule has 1 aliphatic heterocycles. The summed E-state index contributed by atoms with van der Waals surface area (Å²) in [5.74, 6) is 0.657. The van der Waals surface area contributed by atoms with Crippen LogP contribution in [0.2, 0.25) is 0 Å². The fraction of sp³-hybridized carbons (Fsp3) is 0.364. The van der Waals surface area contributed by atoms with E-state index in [9.17, 15) is 4.79 Å². The van der Waals surface area contributed by atoms with Crippen molar-refractivity contribution in [3.63, 3.8) is 0 Å². The van der Waals surface area contributed by atoms with Gasteiger partial charge in [0.1, 0.15) is 5.75 Å². The third-order valence-corrected chi connectivity index (χ3v) is 6.49. The minimum Gasteiger partial charge on any atom is -0.497 e. The van der Waals surface area contributed by atoms with E-state index in [0.29, 0.717) is 23.9 Å². The highest BCUT2D eigenvalue weighted by atomic mass is 32.1. The van der Waals surface area contributed by atoms with Gasteiger partial charge in [0.15, 0.2) is 5.13 Å². The highest BCUT2D eigenvalue weighted by Gasteiger charge is 2.26. The van der Waals surface area contributed by atoms with Crippen molar-refractivity contribution >= 4 is 32.6 Å². The van der Waals surface area contributed by atoms with E-state index in [1.807, 2.05) is 41.3 Å². The number of carbonyl (C=O) groups is 1. The molecule has 0 spiro atoms. The van der Waals surface area contributed by atoms with E-state index in [1.165, 1.54) is 12.8 Å². The first kappa shape index (κ1) is 18.9. The minimum absolute atomic E-state index is 0.0291. The largest absolute Gasteiger partial charge is 0.497 e. The average molecular weight is 396 g/mol. The molecule has 28 heavy (non-hydrogen) atoms. The lowest BCUT2D eigenvalue weighted by Crippen LogP contribution is -2.36. The fourth-order valence-corrected chi connectivity index (χ4v) is 4.78. The summed E-state index contributed by atoms with van der Waals surface area (Å²) in [5, 5.41) is 0.759. The lowest BCUT2D eigenvalue weighted by atomic mass is 10.1.